The Morgan fingerprint density at radius 3 is 2.58 bits per heavy atom. The first-order valence-corrected chi connectivity index (χ1v) is 8.00. The van der Waals surface area contributed by atoms with Crippen LogP contribution in [0, 0.1) is 0 Å². The third-order valence-corrected chi connectivity index (χ3v) is 4.26. The number of ether oxygens (including phenoxy) is 1. The van der Waals surface area contributed by atoms with Crippen LogP contribution >= 0.6 is 11.3 Å². The Hall–Kier alpha value is -2.99. The van der Waals surface area contributed by atoms with E-state index in [-0.39, 0.29) is 5.69 Å². The molecule has 0 aliphatic heterocycles. The molecule has 2 aromatic carbocycles. The van der Waals surface area contributed by atoms with Crippen LogP contribution < -0.4 is 4.74 Å². The first-order chi connectivity index (χ1) is 11.7. The van der Waals surface area contributed by atoms with E-state index in [0.717, 1.165) is 17.4 Å². The number of carboxylic acid groups (broad SMARTS) is 1. The summed E-state index contributed by atoms with van der Waals surface area (Å²) >= 11 is 1.29. The molecule has 0 aliphatic carbocycles. The van der Waals surface area contributed by atoms with Gasteiger partial charge in [-0.05, 0) is 29.8 Å². The number of carbonyl (C=O) groups excluding carboxylic acids is 1. The first-order valence-electron chi connectivity index (χ1n) is 7.12. The molecule has 0 amide bonds. The highest BCUT2D eigenvalue weighted by Gasteiger charge is 2.13. The van der Waals surface area contributed by atoms with E-state index >= 15 is 0 Å². The number of benzene rings is 2. The molecule has 6 heteroatoms. The number of carbonyl (C=O) groups is 2. The average molecular weight is 339 g/mol. The standard InChI is InChI=1S/C18H13NO4S/c20-9-12-5-7-14(8-6-12)23-10-13-3-1-2-4-15(13)17-19-16(11-24-17)18(21)22/h1-9,11H,10H2,(H,21,22). The highest BCUT2D eigenvalue weighted by Crippen LogP contribution is 2.28. The van der Waals surface area contributed by atoms with Crippen molar-refractivity contribution in [3.05, 3.63) is 70.7 Å². The summed E-state index contributed by atoms with van der Waals surface area (Å²) in [6, 6.07) is 14.4. The van der Waals surface area contributed by atoms with Crippen LogP contribution in [0.5, 0.6) is 5.75 Å². The van der Waals surface area contributed by atoms with Gasteiger partial charge in [-0.25, -0.2) is 9.78 Å². The number of hydrogen-bond acceptors (Lipinski definition) is 5. The highest BCUT2D eigenvalue weighted by atomic mass is 32.1. The third kappa shape index (κ3) is 3.49. The topological polar surface area (TPSA) is 76.5 Å². The van der Waals surface area contributed by atoms with Crippen LogP contribution in [0.4, 0.5) is 0 Å². The molecular weight excluding hydrogens is 326 g/mol. The summed E-state index contributed by atoms with van der Waals surface area (Å²) in [4.78, 5) is 25.8. The van der Waals surface area contributed by atoms with E-state index in [4.69, 9.17) is 9.84 Å². The van der Waals surface area contributed by atoms with Crippen LogP contribution in [0.2, 0.25) is 0 Å². The molecule has 0 bridgehead atoms. The summed E-state index contributed by atoms with van der Waals surface area (Å²) in [5.41, 5.74) is 2.38. The fourth-order valence-electron chi connectivity index (χ4n) is 2.15. The van der Waals surface area contributed by atoms with Crippen molar-refractivity contribution < 1.29 is 19.4 Å². The van der Waals surface area contributed by atoms with Gasteiger partial charge in [0.1, 0.15) is 23.7 Å². The smallest absolute Gasteiger partial charge is 0.355 e. The molecule has 0 saturated carbocycles. The molecular formula is C18H13NO4S. The number of thiazole rings is 1. The van der Waals surface area contributed by atoms with Crippen molar-refractivity contribution in [2.24, 2.45) is 0 Å². The molecule has 0 unspecified atom stereocenters. The molecule has 3 rings (SSSR count). The zero-order valence-electron chi connectivity index (χ0n) is 12.5. The Bertz CT molecular complexity index is 871. The molecule has 1 aromatic heterocycles. The Morgan fingerprint density at radius 2 is 1.92 bits per heavy atom. The van der Waals surface area contributed by atoms with Gasteiger partial charge in [0.15, 0.2) is 5.69 Å². The molecule has 1 N–H and O–H groups in total. The van der Waals surface area contributed by atoms with Gasteiger partial charge in [0, 0.05) is 16.5 Å². The van der Waals surface area contributed by atoms with E-state index in [1.54, 1.807) is 24.3 Å². The van der Waals surface area contributed by atoms with E-state index in [2.05, 4.69) is 4.98 Å². The lowest BCUT2D eigenvalue weighted by molar-refractivity contribution is 0.0691. The minimum Gasteiger partial charge on any atom is -0.489 e. The van der Waals surface area contributed by atoms with Crippen LogP contribution in [0.15, 0.2) is 53.9 Å². The lowest BCUT2D eigenvalue weighted by Gasteiger charge is -2.09. The molecule has 0 saturated heterocycles. The van der Waals surface area contributed by atoms with Gasteiger partial charge in [-0.1, -0.05) is 24.3 Å². The summed E-state index contributed by atoms with van der Waals surface area (Å²) in [7, 11) is 0. The Kier molecular flexibility index (Phi) is 4.67. The predicted octanol–water partition coefficient (Wildman–Crippen LogP) is 3.90. The molecule has 0 aliphatic rings. The van der Waals surface area contributed by atoms with E-state index in [9.17, 15) is 9.59 Å². The van der Waals surface area contributed by atoms with Crippen molar-refractivity contribution in [3.63, 3.8) is 0 Å². The van der Waals surface area contributed by atoms with Crippen LogP contribution in [-0.4, -0.2) is 22.3 Å². The van der Waals surface area contributed by atoms with Gasteiger partial charge >= 0.3 is 5.97 Å². The number of rotatable bonds is 6. The van der Waals surface area contributed by atoms with Crippen LogP contribution in [0.3, 0.4) is 0 Å². The molecule has 0 radical (unpaired) electrons. The molecule has 1 heterocycles. The second kappa shape index (κ2) is 7.06. The van der Waals surface area contributed by atoms with Crippen molar-refractivity contribution in [1.29, 1.82) is 0 Å². The van der Waals surface area contributed by atoms with Gasteiger partial charge in [0.25, 0.3) is 0 Å². The van der Waals surface area contributed by atoms with E-state index in [1.807, 2.05) is 24.3 Å². The molecule has 0 spiro atoms. The van der Waals surface area contributed by atoms with E-state index in [1.165, 1.54) is 16.7 Å². The maximum atomic E-state index is 11.0. The predicted molar refractivity (Wildman–Crippen MR) is 90.7 cm³/mol. The number of aldehydes is 1. The monoisotopic (exact) mass is 339 g/mol. The van der Waals surface area contributed by atoms with Gasteiger partial charge in [0.2, 0.25) is 0 Å². The molecule has 0 atom stereocenters. The summed E-state index contributed by atoms with van der Waals surface area (Å²) in [5.74, 6) is -0.387. The number of nitrogens with zero attached hydrogens (tertiary/aromatic N) is 1. The fourth-order valence-corrected chi connectivity index (χ4v) is 3.01. The minimum atomic E-state index is -1.04. The van der Waals surface area contributed by atoms with Gasteiger partial charge in [-0.2, -0.15) is 0 Å². The van der Waals surface area contributed by atoms with Crippen LogP contribution in [-0.2, 0) is 6.61 Å². The van der Waals surface area contributed by atoms with Crippen molar-refractivity contribution >= 4 is 23.6 Å². The second-order valence-electron chi connectivity index (χ2n) is 4.98. The van der Waals surface area contributed by atoms with Crippen molar-refractivity contribution in [1.82, 2.24) is 4.98 Å². The number of aromatic nitrogens is 1. The maximum absolute atomic E-state index is 11.0. The third-order valence-electron chi connectivity index (χ3n) is 3.38. The first kappa shape index (κ1) is 15.9. The molecule has 3 aromatic rings. The minimum absolute atomic E-state index is 0.0372. The summed E-state index contributed by atoms with van der Waals surface area (Å²) in [6.45, 7) is 0.318. The van der Waals surface area contributed by atoms with Crippen molar-refractivity contribution in [2.45, 2.75) is 6.61 Å². The largest absolute Gasteiger partial charge is 0.489 e. The number of hydrogen-bond donors (Lipinski definition) is 1. The number of carboxylic acids is 1. The summed E-state index contributed by atoms with van der Waals surface area (Å²) in [5, 5.41) is 11.2. The normalized spacial score (nSPS) is 10.3. The average Bonchev–Trinajstić information content (AvgIpc) is 3.11. The molecule has 120 valence electrons. The van der Waals surface area contributed by atoms with Gasteiger partial charge in [0.05, 0.1) is 0 Å². The quantitative estimate of drug-likeness (QED) is 0.689. The fraction of sp³-hybridized carbons (Fsp3) is 0.0556. The molecule has 5 nitrogen and oxygen atoms in total. The second-order valence-corrected chi connectivity index (χ2v) is 5.83. The van der Waals surface area contributed by atoms with Crippen LogP contribution in [0.1, 0.15) is 26.4 Å². The van der Waals surface area contributed by atoms with Gasteiger partial charge in [-0.15, -0.1) is 11.3 Å². The zero-order valence-corrected chi connectivity index (χ0v) is 13.3. The SMILES string of the molecule is O=Cc1ccc(OCc2ccccc2-c2nc(C(=O)O)cs2)cc1. The molecule has 0 fully saturated rings. The van der Waals surface area contributed by atoms with Crippen LogP contribution in [0.25, 0.3) is 10.6 Å². The molecule has 24 heavy (non-hydrogen) atoms. The van der Waals surface area contributed by atoms with Crippen molar-refractivity contribution in [3.8, 4) is 16.3 Å². The van der Waals surface area contributed by atoms with E-state index in [0.29, 0.717) is 22.9 Å². The number of aromatic carboxylic acids is 1. The highest BCUT2D eigenvalue weighted by molar-refractivity contribution is 7.13. The maximum Gasteiger partial charge on any atom is 0.355 e. The Morgan fingerprint density at radius 1 is 1.17 bits per heavy atom. The summed E-state index contributed by atoms with van der Waals surface area (Å²) < 4.78 is 5.75. The lowest BCUT2D eigenvalue weighted by Crippen LogP contribution is -1.99. The van der Waals surface area contributed by atoms with E-state index < -0.39 is 5.97 Å². The van der Waals surface area contributed by atoms with Crippen molar-refractivity contribution in [2.75, 3.05) is 0 Å². The lowest BCUT2D eigenvalue weighted by atomic mass is 10.1. The Balaban J connectivity index is 1.80. The Labute approximate surface area is 142 Å². The summed E-state index contributed by atoms with van der Waals surface area (Å²) in [6.07, 6.45) is 0.779. The van der Waals surface area contributed by atoms with Gasteiger partial charge < -0.3 is 9.84 Å². The van der Waals surface area contributed by atoms with Gasteiger partial charge in [-0.3, -0.25) is 4.79 Å². The zero-order chi connectivity index (χ0) is 16.9.